The minimum atomic E-state index is -3.01. The predicted octanol–water partition coefficient (Wildman–Crippen LogP) is 1.65. The fourth-order valence-electron chi connectivity index (χ4n) is 3.43. The zero-order valence-corrected chi connectivity index (χ0v) is 16.2. The predicted molar refractivity (Wildman–Crippen MR) is 98.7 cm³/mol. The first-order valence-electron chi connectivity index (χ1n) is 8.80. The molecule has 2 aromatic heterocycles. The third-order valence-electron chi connectivity index (χ3n) is 5.34. The molecular weight excluding hydrogens is 386 g/mol. The number of hydrogen-bond donors (Lipinski definition) is 1. The number of thiophene rings is 1. The molecule has 0 radical (unpaired) electrons. The highest BCUT2D eigenvalue weighted by Gasteiger charge is 2.47. The molecule has 27 heavy (non-hydrogen) atoms. The lowest BCUT2D eigenvalue weighted by Gasteiger charge is -2.29. The average Bonchev–Trinajstić information content (AvgIpc) is 3.06. The fourth-order valence-corrected chi connectivity index (χ4v) is 5.60. The van der Waals surface area contributed by atoms with Crippen molar-refractivity contribution in [3.63, 3.8) is 0 Å². The Hall–Kier alpha value is -2.25. The molecule has 1 saturated heterocycles. The van der Waals surface area contributed by atoms with Gasteiger partial charge in [-0.15, -0.1) is 5.10 Å². The Morgan fingerprint density at radius 3 is 2.74 bits per heavy atom. The van der Waals surface area contributed by atoms with Crippen molar-refractivity contribution in [1.82, 2.24) is 20.3 Å². The molecule has 1 saturated carbocycles. The summed E-state index contributed by atoms with van der Waals surface area (Å²) in [5, 5.41) is 24.3. The number of carbonyl (C=O) groups is 1. The molecule has 8 nitrogen and oxygen atoms in total. The summed E-state index contributed by atoms with van der Waals surface area (Å²) in [5.74, 6) is -0.0403. The Bertz CT molecular complexity index is 972. The van der Waals surface area contributed by atoms with E-state index < -0.39 is 21.4 Å². The Morgan fingerprint density at radius 2 is 2.15 bits per heavy atom. The molecule has 1 amide bonds. The van der Waals surface area contributed by atoms with Gasteiger partial charge in [0.2, 0.25) is 0 Å². The second-order valence-corrected chi connectivity index (χ2v) is 10.3. The lowest BCUT2D eigenvalue weighted by molar-refractivity contribution is 0.0918. The standard InChI is InChI=1S/C17H19N5O3S2/c18-11-17(4-5-17)22-9-14(20-21-22)15(12-2-7-27(24,25)8-3-12)19-16(23)13-1-6-26-10-13/h1,6,9-10,12,15H,2-5,7-8H2,(H,19,23). The molecular formula is C17H19N5O3S2. The topological polar surface area (TPSA) is 118 Å². The second kappa shape index (κ2) is 6.73. The largest absolute Gasteiger partial charge is 0.343 e. The highest BCUT2D eigenvalue weighted by molar-refractivity contribution is 7.91. The van der Waals surface area contributed by atoms with E-state index in [1.54, 1.807) is 22.3 Å². The molecule has 1 aliphatic heterocycles. The van der Waals surface area contributed by atoms with E-state index in [2.05, 4.69) is 21.7 Å². The number of nitriles is 1. The van der Waals surface area contributed by atoms with Gasteiger partial charge in [0.05, 0.1) is 35.4 Å². The van der Waals surface area contributed by atoms with Crippen LogP contribution in [0.5, 0.6) is 0 Å². The van der Waals surface area contributed by atoms with Crippen LogP contribution in [0.15, 0.2) is 23.0 Å². The number of nitrogens with one attached hydrogen (secondary N) is 1. The minimum Gasteiger partial charge on any atom is -0.343 e. The maximum atomic E-state index is 12.6. The van der Waals surface area contributed by atoms with E-state index in [1.807, 2.05) is 5.38 Å². The first-order valence-corrected chi connectivity index (χ1v) is 11.6. The van der Waals surface area contributed by atoms with Gasteiger partial charge < -0.3 is 5.32 Å². The third kappa shape index (κ3) is 3.61. The third-order valence-corrected chi connectivity index (χ3v) is 7.74. The van der Waals surface area contributed by atoms with Crippen LogP contribution in [0.4, 0.5) is 0 Å². The van der Waals surface area contributed by atoms with Crippen molar-refractivity contribution in [2.24, 2.45) is 5.92 Å². The van der Waals surface area contributed by atoms with Crippen molar-refractivity contribution in [2.75, 3.05) is 11.5 Å². The highest BCUT2D eigenvalue weighted by Crippen LogP contribution is 2.42. The van der Waals surface area contributed by atoms with E-state index in [9.17, 15) is 18.5 Å². The van der Waals surface area contributed by atoms with E-state index in [0.29, 0.717) is 24.1 Å². The molecule has 3 heterocycles. The van der Waals surface area contributed by atoms with E-state index >= 15 is 0 Å². The van der Waals surface area contributed by atoms with Gasteiger partial charge in [0, 0.05) is 5.38 Å². The van der Waals surface area contributed by atoms with Gasteiger partial charge in [-0.2, -0.15) is 16.6 Å². The molecule has 4 rings (SSSR count). The lowest BCUT2D eigenvalue weighted by Crippen LogP contribution is -2.37. The summed E-state index contributed by atoms with van der Waals surface area (Å²) in [6.07, 6.45) is 4.12. The number of hydrogen-bond acceptors (Lipinski definition) is 7. The summed E-state index contributed by atoms with van der Waals surface area (Å²) in [6, 6.07) is 3.58. The van der Waals surface area contributed by atoms with Gasteiger partial charge in [0.15, 0.2) is 5.54 Å². The monoisotopic (exact) mass is 405 g/mol. The van der Waals surface area contributed by atoms with Crippen molar-refractivity contribution in [3.8, 4) is 6.07 Å². The lowest BCUT2D eigenvalue weighted by atomic mass is 9.91. The Labute approximate surface area is 161 Å². The molecule has 0 aromatic carbocycles. The normalized spacial score (nSPS) is 21.9. The van der Waals surface area contributed by atoms with Crippen LogP contribution in [0.2, 0.25) is 0 Å². The van der Waals surface area contributed by atoms with Gasteiger partial charge in [-0.25, -0.2) is 13.1 Å². The number of aromatic nitrogens is 3. The molecule has 2 fully saturated rings. The fraction of sp³-hybridized carbons (Fsp3) is 0.529. The molecule has 2 aliphatic rings. The molecule has 142 valence electrons. The van der Waals surface area contributed by atoms with Crippen molar-refractivity contribution in [1.29, 1.82) is 5.26 Å². The summed E-state index contributed by atoms with van der Waals surface area (Å²) in [5.41, 5.74) is 0.518. The second-order valence-electron chi connectivity index (χ2n) is 7.18. The van der Waals surface area contributed by atoms with E-state index in [0.717, 1.165) is 12.8 Å². The maximum absolute atomic E-state index is 12.6. The molecule has 1 N–H and O–H groups in total. The summed E-state index contributed by atoms with van der Waals surface area (Å²) < 4.78 is 25.2. The smallest absolute Gasteiger partial charge is 0.252 e. The van der Waals surface area contributed by atoms with Crippen LogP contribution >= 0.6 is 11.3 Å². The van der Waals surface area contributed by atoms with E-state index in [-0.39, 0.29) is 23.3 Å². The molecule has 1 aliphatic carbocycles. The number of amides is 1. The van der Waals surface area contributed by atoms with Crippen LogP contribution in [-0.4, -0.2) is 40.8 Å². The van der Waals surface area contributed by atoms with Gasteiger partial charge >= 0.3 is 0 Å². The summed E-state index contributed by atoms with van der Waals surface area (Å²) in [6.45, 7) is 0. The van der Waals surface area contributed by atoms with Crippen molar-refractivity contribution in [2.45, 2.75) is 37.3 Å². The molecule has 1 atom stereocenters. The SMILES string of the molecule is N#CC1(n2cc(C(NC(=O)c3ccsc3)C3CCS(=O)(=O)CC3)nn2)CC1. The van der Waals surface area contributed by atoms with Gasteiger partial charge in [0.1, 0.15) is 15.5 Å². The van der Waals surface area contributed by atoms with Gasteiger partial charge in [0.25, 0.3) is 5.91 Å². The summed E-state index contributed by atoms with van der Waals surface area (Å²) >= 11 is 1.44. The molecule has 2 aromatic rings. The van der Waals surface area contributed by atoms with Crippen LogP contribution in [0.1, 0.15) is 47.8 Å². The highest BCUT2D eigenvalue weighted by atomic mass is 32.2. The van der Waals surface area contributed by atoms with Crippen molar-refractivity contribution < 1.29 is 13.2 Å². The van der Waals surface area contributed by atoms with Gasteiger partial charge in [-0.05, 0) is 43.0 Å². The van der Waals surface area contributed by atoms with E-state index in [1.165, 1.54) is 11.3 Å². The molecule has 0 bridgehead atoms. The van der Waals surface area contributed by atoms with Crippen LogP contribution in [0.3, 0.4) is 0 Å². The molecule has 10 heteroatoms. The summed E-state index contributed by atoms with van der Waals surface area (Å²) in [7, 11) is -3.01. The maximum Gasteiger partial charge on any atom is 0.252 e. The Morgan fingerprint density at radius 1 is 1.41 bits per heavy atom. The van der Waals surface area contributed by atoms with E-state index in [4.69, 9.17) is 0 Å². The molecule has 1 unspecified atom stereocenters. The number of sulfone groups is 1. The Kier molecular flexibility index (Phi) is 4.52. The zero-order valence-electron chi connectivity index (χ0n) is 14.5. The first kappa shape index (κ1) is 18.1. The summed E-state index contributed by atoms with van der Waals surface area (Å²) in [4.78, 5) is 12.6. The Balaban J connectivity index is 1.60. The van der Waals surface area contributed by atoms with Crippen LogP contribution in [0.25, 0.3) is 0 Å². The van der Waals surface area contributed by atoms with Crippen LogP contribution in [0, 0.1) is 17.2 Å². The van der Waals surface area contributed by atoms with Crippen LogP contribution in [-0.2, 0) is 15.4 Å². The van der Waals surface area contributed by atoms with Crippen molar-refractivity contribution in [3.05, 3.63) is 34.3 Å². The molecule has 0 spiro atoms. The van der Waals surface area contributed by atoms with Gasteiger partial charge in [-0.1, -0.05) is 5.21 Å². The first-order chi connectivity index (χ1) is 12.9. The zero-order chi connectivity index (χ0) is 19.1. The minimum absolute atomic E-state index is 0.0431. The van der Waals surface area contributed by atoms with Gasteiger partial charge in [-0.3, -0.25) is 4.79 Å². The number of carbonyl (C=O) groups excluding carboxylic acids is 1. The quantitative estimate of drug-likeness (QED) is 0.808. The average molecular weight is 406 g/mol. The number of rotatable bonds is 5. The van der Waals surface area contributed by atoms with Crippen molar-refractivity contribution >= 4 is 27.1 Å². The number of nitrogens with zero attached hydrogens (tertiary/aromatic N) is 4. The van der Waals surface area contributed by atoms with Crippen LogP contribution < -0.4 is 5.32 Å².